The fourth-order valence-corrected chi connectivity index (χ4v) is 2.33. The Morgan fingerprint density at radius 3 is 2.68 bits per heavy atom. The van der Waals surface area contributed by atoms with E-state index in [0.29, 0.717) is 16.6 Å². The highest BCUT2D eigenvalue weighted by atomic mass is 79.9. The van der Waals surface area contributed by atoms with Crippen molar-refractivity contribution in [3.05, 3.63) is 68.4 Å². The molecule has 1 heterocycles. The van der Waals surface area contributed by atoms with Gasteiger partial charge in [-0.05, 0) is 21.5 Å². The minimum atomic E-state index is -0.443. The molecule has 0 spiro atoms. The first-order chi connectivity index (χ1) is 9.08. The minimum absolute atomic E-state index is 0.0176. The number of nitro groups is 1. The Hall–Kier alpha value is -1.46. The van der Waals surface area contributed by atoms with Crippen LogP contribution in [-0.4, -0.2) is 9.91 Å². The second-order valence-electron chi connectivity index (χ2n) is 3.96. The van der Waals surface area contributed by atoms with E-state index in [2.05, 4.69) is 20.9 Å². The number of pyridine rings is 1. The molecule has 0 aliphatic rings. The van der Waals surface area contributed by atoms with Crippen LogP contribution in [0.2, 0.25) is 0 Å². The fraction of sp³-hybridized carbons (Fsp3) is 0.154. The highest BCUT2D eigenvalue weighted by molar-refractivity contribution is 9.10. The molecule has 0 radical (unpaired) electrons. The standard InChI is InChI=1S/C13H10BrClN2O2/c14-10-6-13(17(18)19)12(16-8-10)7-11(15)9-4-2-1-3-5-9/h1-6,8,11H,7H2. The lowest BCUT2D eigenvalue weighted by atomic mass is 10.1. The minimum Gasteiger partial charge on any atom is -0.258 e. The molecule has 6 heteroatoms. The number of aromatic nitrogens is 1. The fourth-order valence-electron chi connectivity index (χ4n) is 1.72. The lowest BCUT2D eigenvalue weighted by molar-refractivity contribution is -0.386. The SMILES string of the molecule is O=[N+]([O-])c1cc(Br)cnc1CC(Cl)c1ccccc1. The summed E-state index contributed by atoms with van der Waals surface area (Å²) in [5.74, 6) is 0. The molecule has 2 aromatic rings. The number of halogens is 2. The number of nitrogens with zero attached hydrogens (tertiary/aromatic N) is 2. The number of hydrogen-bond acceptors (Lipinski definition) is 3. The van der Waals surface area contributed by atoms with Crippen LogP contribution >= 0.6 is 27.5 Å². The molecule has 0 aliphatic heterocycles. The summed E-state index contributed by atoms with van der Waals surface area (Å²) in [6, 6.07) is 10.9. The number of alkyl halides is 1. The van der Waals surface area contributed by atoms with Crippen LogP contribution in [0, 0.1) is 10.1 Å². The summed E-state index contributed by atoms with van der Waals surface area (Å²) in [6.07, 6.45) is 1.85. The van der Waals surface area contributed by atoms with Gasteiger partial charge in [0, 0.05) is 23.2 Å². The van der Waals surface area contributed by atoms with Gasteiger partial charge >= 0.3 is 0 Å². The smallest absolute Gasteiger partial charge is 0.258 e. The average Bonchev–Trinajstić information content (AvgIpc) is 2.41. The van der Waals surface area contributed by atoms with E-state index in [1.54, 1.807) is 0 Å². The molecule has 0 aliphatic carbocycles. The maximum atomic E-state index is 11.0. The summed E-state index contributed by atoms with van der Waals surface area (Å²) in [5.41, 5.74) is 1.29. The van der Waals surface area contributed by atoms with Crippen molar-refractivity contribution in [2.24, 2.45) is 0 Å². The van der Waals surface area contributed by atoms with Crippen molar-refractivity contribution >= 4 is 33.2 Å². The highest BCUT2D eigenvalue weighted by Crippen LogP contribution is 2.29. The number of rotatable bonds is 4. The third-order valence-corrected chi connectivity index (χ3v) is 3.48. The van der Waals surface area contributed by atoms with Crippen molar-refractivity contribution in [2.75, 3.05) is 0 Å². The molecular formula is C13H10BrClN2O2. The zero-order chi connectivity index (χ0) is 13.8. The Balaban J connectivity index is 2.26. The van der Waals surface area contributed by atoms with Crippen LogP contribution in [0.4, 0.5) is 5.69 Å². The van der Waals surface area contributed by atoms with Crippen LogP contribution in [0.5, 0.6) is 0 Å². The zero-order valence-corrected chi connectivity index (χ0v) is 12.1. The van der Waals surface area contributed by atoms with E-state index in [1.165, 1.54) is 12.3 Å². The predicted molar refractivity (Wildman–Crippen MR) is 77.3 cm³/mol. The normalized spacial score (nSPS) is 12.1. The van der Waals surface area contributed by atoms with E-state index in [-0.39, 0.29) is 11.1 Å². The van der Waals surface area contributed by atoms with Gasteiger partial charge in [0.2, 0.25) is 0 Å². The molecule has 1 aromatic carbocycles. The van der Waals surface area contributed by atoms with Gasteiger partial charge in [0.1, 0.15) is 5.69 Å². The average molecular weight is 342 g/mol. The number of hydrogen-bond donors (Lipinski definition) is 0. The molecule has 98 valence electrons. The van der Waals surface area contributed by atoms with Crippen LogP contribution in [0.1, 0.15) is 16.6 Å². The second kappa shape index (κ2) is 6.12. The largest absolute Gasteiger partial charge is 0.291 e. The van der Waals surface area contributed by atoms with Crippen LogP contribution in [0.15, 0.2) is 47.1 Å². The highest BCUT2D eigenvalue weighted by Gasteiger charge is 2.19. The Kier molecular flexibility index (Phi) is 4.50. The van der Waals surface area contributed by atoms with Gasteiger partial charge in [-0.1, -0.05) is 30.3 Å². The Bertz CT molecular complexity index is 592. The maximum absolute atomic E-state index is 11.0. The van der Waals surface area contributed by atoms with Gasteiger partial charge in [-0.2, -0.15) is 0 Å². The first kappa shape index (κ1) is 14.0. The molecule has 19 heavy (non-hydrogen) atoms. The Morgan fingerprint density at radius 1 is 1.37 bits per heavy atom. The van der Waals surface area contributed by atoms with E-state index >= 15 is 0 Å². The van der Waals surface area contributed by atoms with E-state index in [1.807, 2.05) is 30.3 Å². The maximum Gasteiger partial charge on any atom is 0.291 e. The second-order valence-corrected chi connectivity index (χ2v) is 5.40. The summed E-state index contributed by atoms with van der Waals surface area (Å²) < 4.78 is 0.578. The van der Waals surface area contributed by atoms with Crippen LogP contribution < -0.4 is 0 Å². The first-order valence-corrected chi connectivity index (χ1v) is 6.78. The molecule has 0 saturated heterocycles. The zero-order valence-electron chi connectivity index (χ0n) is 9.79. The van der Waals surface area contributed by atoms with Gasteiger partial charge in [0.15, 0.2) is 0 Å². The van der Waals surface area contributed by atoms with Gasteiger partial charge in [0.25, 0.3) is 5.69 Å². The molecular weight excluding hydrogens is 332 g/mol. The van der Waals surface area contributed by atoms with Crippen LogP contribution in [0.3, 0.4) is 0 Å². The lowest BCUT2D eigenvalue weighted by Gasteiger charge is -2.09. The molecule has 1 unspecified atom stereocenters. The van der Waals surface area contributed by atoms with Crippen molar-refractivity contribution in [1.82, 2.24) is 4.98 Å². The van der Waals surface area contributed by atoms with E-state index in [4.69, 9.17) is 11.6 Å². The summed E-state index contributed by atoms with van der Waals surface area (Å²) >= 11 is 9.46. The van der Waals surface area contributed by atoms with Crippen molar-refractivity contribution in [3.63, 3.8) is 0 Å². The molecule has 0 N–H and O–H groups in total. The predicted octanol–water partition coefficient (Wildman–Crippen LogP) is 4.27. The van der Waals surface area contributed by atoms with E-state index in [0.717, 1.165) is 5.56 Å². The third-order valence-electron chi connectivity index (χ3n) is 2.64. The van der Waals surface area contributed by atoms with Crippen molar-refractivity contribution in [2.45, 2.75) is 11.8 Å². The van der Waals surface area contributed by atoms with Gasteiger partial charge in [0.05, 0.1) is 10.3 Å². The van der Waals surface area contributed by atoms with Crippen molar-refractivity contribution < 1.29 is 4.92 Å². The molecule has 0 fully saturated rings. The van der Waals surface area contributed by atoms with Gasteiger partial charge in [-0.3, -0.25) is 15.1 Å². The monoisotopic (exact) mass is 340 g/mol. The summed E-state index contributed by atoms with van der Waals surface area (Å²) in [7, 11) is 0. The summed E-state index contributed by atoms with van der Waals surface area (Å²) in [6.45, 7) is 0. The van der Waals surface area contributed by atoms with Gasteiger partial charge in [-0.15, -0.1) is 11.6 Å². The topological polar surface area (TPSA) is 56.0 Å². The molecule has 0 bridgehead atoms. The quantitative estimate of drug-likeness (QED) is 0.474. The molecule has 1 atom stereocenters. The molecule has 1 aromatic heterocycles. The molecule has 2 rings (SSSR count). The summed E-state index contributed by atoms with van der Waals surface area (Å²) in [4.78, 5) is 14.6. The van der Waals surface area contributed by atoms with Crippen molar-refractivity contribution in [1.29, 1.82) is 0 Å². The van der Waals surface area contributed by atoms with E-state index < -0.39 is 4.92 Å². The van der Waals surface area contributed by atoms with E-state index in [9.17, 15) is 10.1 Å². The van der Waals surface area contributed by atoms with Crippen LogP contribution in [0.25, 0.3) is 0 Å². The number of benzene rings is 1. The first-order valence-electron chi connectivity index (χ1n) is 5.55. The Morgan fingerprint density at radius 2 is 2.05 bits per heavy atom. The van der Waals surface area contributed by atoms with Crippen LogP contribution in [-0.2, 0) is 6.42 Å². The Labute approximate surface area is 123 Å². The molecule has 0 amide bonds. The lowest BCUT2D eigenvalue weighted by Crippen LogP contribution is -2.03. The third kappa shape index (κ3) is 3.52. The van der Waals surface area contributed by atoms with Crippen molar-refractivity contribution in [3.8, 4) is 0 Å². The molecule has 4 nitrogen and oxygen atoms in total. The molecule has 0 saturated carbocycles. The summed E-state index contributed by atoms with van der Waals surface area (Å²) in [5, 5.41) is 10.7. The van der Waals surface area contributed by atoms with Gasteiger partial charge < -0.3 is 0 Å². The van der Waals surface area contributed by atoms with Gasteiger partial charge in [-0.25, -0.2) is 0 Å².